The fourth-order valence-electron chi connectivity index (χ4n) is 6.65. The van der Waals surface area contributed by atoms with Crippen LogP contribution in [-0.4, -0.2) is 42.4 Å². The number of nitrogens with one attached hydrogen (secondary N) is 1. The number of hydrogen-bond acceptors (Lipinski definition) is 4. The molecular formula is C32H54N2O3. The molecular weight excluding hydrogens is 460 g/mol. The molecule has 37 heavy (non-hydrogen) atoms. The second kappa shape index (κ2) is 18.5. The molecule has 0 bridgehead atoms. The molecule has 0 amide bonds. The summed E-state index contributed by atoms with van der Waals surface area (Å²) < 4.78 is 0. The van der Waals surface area contributed by atoms with Crippen LogP contribution in [0.4, 0.5) is 0 Å². The van der Waals surface area contributed by atoms with Crippen LogP contribution in [0.3, 0.4) is 0 Å². The monoisotopic (exact) mass is 514 g/mol. The lowest BCUT2D eigenvalue weighted by Gasteiger charge is -2.38. The van der Waals surface area contributed by atoms with Crippen molar-refractivity contribution in [1.29, 1.82) is 0 Å². The number of allylic oxidation sites excluding steroid dienone is 2. The van der Waals surface area contributed by atoms with Gasteiger partial charge in [0.15, 0.2) is 0 Å². The van der Waals surface area contributed by atoms with Crippen LogP contribution in [0, 0.1) is 29.6 Å². The van der Waals surface area contributed by atoms with Gasteiger partial charge >= 0.3 is 5.97 Å². The highest BCUT2D eigenvalue weighted by atomic mass is 16.4. The van der Waals surface area contributed by atoms with Gasteiger partial charge < -0.3 is 21.3 Å². The Morgan fingerprint density at radius 3 is 2.38 bits per heavy atom. The number of aryl methyl sites for hydroxylation is 1. The van der Waals surface area contributed by atoms with Crippen LogP contribution in [0.5, 0.6) is 0 Å². The molecule has 0 aliphatic heterocycles. The molecule has 1 aliphatic rings. The first-order valence-electron chi connectivity index (χ1n) is 14.9. The van der Waals surface area contributed by atoms with E-state index in [9.17, 15) is 15.0 Å². The molecule has 2 rings (SSSR count). The van der Waals surface area contributed by atoms with E-state index in [4.69, 9.17) is 5.73 Å². The van der Waals surface area contributed by atoms with Gasteiger partial charge in [0, 0.05) is 0 Å². The molecule has 0 radical (unpaired) electrons. The Bertz CT molecular complexity index is 746. The molecule has 5 N–H and O–H groups in total. The summed E-state index contributed by atoms with van der Waals surface area (Å²) >= 11 is 0. The molecule has 5 nitrogen and oxygen atoms in total. The lowest BCUT2D eigenvalue weighted by molar-refractivity contribution is -0.150. The maximum absolute atomic E-state index is 12.3. The Morgan fingerprint density at radius 2 is 1.76 bits per heavy atom. The molecule has 5 heteroatoms. The van der Waals surface area contributed by atoms with Gasteiger partial charge in [0.1, 0.15) is 0 Å². The number of aliphatic hydroxyl groups is 1. The molecule has 0 heterocycles. The molecule has 5 atom stereocenters. The van der Waals surface area contributed by atoms with Crippen molar-refractivity contribution in [2.45, 2.75) is 96.5 Å². The van der Waals surface area contributed by atoms with Crippen molar-refractivity contribution in [1.82, 2.24) is 5.32 Å². The van der Waals surface area contributed by atoms with Crippen LogP contribution in [0.1, 0.15) is 89.5 Å². The third kappa shape index (κ3) is 11.7. The Morgan fingerprint density at radius 1 is 1.05 bits per heavy atom. The summed E-state index contributed by atoms with van der Waals surface area (Å²) in [4.78, 5) is 12.3. The van der Waals surface area contributed by atoms with Gasteiger partial charge in [0.05, 0.1) is 12.0 Å². The lowest BCUT2D eigenvalue weighted by Crippen LogP contribution is -2.42. The average molecular weight is 515 g/mol. The molecule has 1 aromatic rings. The number of aliphatic carboxylic acids is 1. The van der Waals surface area contributed by atoms with Crippen LogP contribution in [-0.2, 0) is 11.2 Å². The van der Waals surface area contributed by atoms with Crippen molar-refractivity contribution in [3.8, 4) is 0 Å². The molecule has 1 aromatic carbocycles. The highest BCUT2D eigenvalue weighted by molar-refractivity contribution is 5.71. The summed E-state index contributed by atoms with van der Waals surface area (Å²) in [5.41, 5.74) is 7.30. The third-order valence-electron chi connectivity index (χ3n) is 8.58. The van der Waals surface area contributed by atoms with E-state index in [1.54, 1.807) is 6.92 Å². The molecule has 0 spiro atoms. The van der Waals surface area contributed by atoms with Crippen LogP contribution in [0.2, 0.25) is 0 Å². The van der Waals surface area contributed by atoms with Crippen molar-refractivity contribution in [2.75, 3.05) is 20.1 Å². The number of rotatable bonds is 19. The molecule has 1 aliphatic carbocycles. The first-order chi connectivity index (χ1) is 18.0. The molecule has 0 saturated heterocycles. The molecule has 1 saturated carbocycles. The van der Waals surface area contributed by atoms with E-state index in [-0.39, 0.29) is 11.8 Å². The van der Waals surface area contributed by atoms with Crippen molar-refractivity contribution in [3.05, 3.63) is 48.0 Å². The third-order valence-corrected chi connectivity index (χ3v) is 8.58. The molecule has 1 fully saturated rings. The number of carbonyl (C=O) groups is 1. The van der Waals surface area contributed by atoms with Gasteiger partial charge in [-0.1, -0.05) is 74.6 Å². The van der Waals surface area contributed by atoms with Gasteiger partial charge in [0.25, 0.3) is 0 Å². The standard InChI is InChI=1S/C32H54N2O3/c1-25(35)31(32(36)37)30(21-20-27-17-11-7-12-18-27)29(22-23-33)28(24-34-2)19-13-5-3-4-8-14-26-15-9-6-10-16-26/h3-4,7,11-12,17-18,25-26,28-31,34-35H,5-6,8-10,13-16,19-24,33H2,1-2H3,(H,36,37). The maximum atomic E-state index is 12.3. The predicted molar refractivity (Wildman–Crippen MR) is 154 cm³/mol. The largest absolute Gasteiger partial charge is 0.481 e. The lowest BCUT2D eigenvalue weighted by atomic mass is 9.68. The second-order valence-corrected chi connectivity index (χ2v) is 11.3. The van der Waals surface area contributed by atoms with Crippen molar-refractivity contribution < 1.29 is 15.0 Å². The van der Waals surface area contributed by atoms with Gasteiger partial charge in [-0.3, -0.25) is 4.79 Å². The van der Waals surface area contributed by atoms with Crippen LogP contribution >= 0.6 is 0 Å². The normalized spacial score (nSPS) is 18.9. The molecule has 0 aromatic heterocycles. The first-order valence-corrected chi connectivity index (χ1v) is 14.9. The van der Waals surface area contributed by atoms with E-state index in [2.05, 4.69) is 29.6 Å². The Balaban J connectivity index is 2.03. The van der Waals surface area contributed by atoms with E-state index < -0.39 is 18.0 Å². The Hall–Kier alpha value is -1.69. The summed E-state index contributed by atoms with van der Waals surface area (Å²) in [6, 6.07) is 10.2. The maximum Gasteiger partial charge on any atom is 0.309 e. The summed E-state index contributed by atoms with van der Waals surface area (Å²) in [6.45, 7) is 2.99. The van der Waals surface area contributed by atoms with E-state index in [1.165, 1.54) is 50.5 Å². The minimum Gasteiger partial charge on any atom is -0.481 e. The summed E-state index contributed by atoms with van der Waals surface area (Å²) in [5, 5.41) is 24.0. The van der Waals surface area contributed by atoms with Gasteiger partial charge in [-0.25, -0.2) is 0 Å². The topological polar surface area (TPSA) is 95.6 Å². The fourth-order valence-corrected chi connectivity index (χ4v) is 6.65. The highest BCUT2D eigenvalue weighted by Gasteiger charge is 2.39. The zero-order chi connectivity index (χ0) is 26.9. The zero-order valence-corrected chi connectivity index (χ0v) is 23.5. The van der Waals surface area contributed by atoms with Gasteiger partial charge in [-0.2, -0.15) is 0 Å². The first kappa shape index (κ1) is 31.5. The van der Waals surface area contributed by atoms with Crippen molar-refractivity contribution in [3.63, 3.8) is 0 Å². The number of carboxylic acid groups (broad SMARTS) is 1. The molecule has 5 unspecified atom stereocenters. The summed E-state index contributed by atoms with van der Waals surface area (Å²) in [7, 11) is 1.97. The SMILES string of the molecule is CNCC(CCCC=CCCC1CCCCC1)C(CCN)C(CCc1ccccc1)C(C(=O)O)C(C)O. The summed E-state index contributed by atoms with van der Waals surface area (Å²) in [5.74, 6) is -0.429. The van der Waals surface area contributed by atoms with Gasteiger partial charge in [-0.05, 0) is 108 Å². The fraction of sp³-hybridized carbons (Fsp3) is 0.719. The van der Waals surface area contributed by atoms with Gasteiger partial charge in [-0.15, -0.1) is 0 Å². The number of hydrogen-bond donors (Lipinski definition) is 4. The van der Waals surface area contributed by atoms with Crippen molar-refractivity contribution >= 4 is 5.97 Å². The molecule has 210 valence electrons. The number of carboxylic acids is 1. The van der Waals surface area contributed by atoms with E-state index in [1.807, 2.05) is 25.2 Å². The van der Waals surface area contributed by atoms with E-state index in [0.29, 0.717) is 12.5 Å². The van der Waals surface area contributed by atoms with Gasteiger partial charge in [0.2, 0.25) is 0 Å². The average Bonchev–Trinajstić information content (AvgIpc) is 2.89. The Labute approximate surface area is 226 Å². The predicted octanol–water partition coefficient (Wildman–Crippen LogP) is 6.20. The minimum atomic E-state index is -0.904. The second-order valence-electron chi connectivity index (χ2n) is 11.3. The van der Waals surface area contributed by atoms with Crippen molar-refractivity contribution in [2.24, 2.45) is 35.3 Å². The summed E-state index contributed by atoms with van der Waals surface area (Å²) in [6.07, 6.45) is 18.9. The smallest absolute Gasteiger partial charge is 0.309 e. The minimum absolute atomic E-state index is 0.134. The Kier molecular flexibility index (Phi) is 15.8. The highest BCUT2D eigenvalue weighted by Crippen LogP contribution is 2.38. The zero-order valence-electron chi connectivity index (χ0n) is 23.5. The number of unbranched alkanes of at least 4 members (excludes halogenated alkanes) is 1. The number of nitrogens with two attached hydrogens (primary N) is 1. The van der Waals surface area contributed by atoms with Crippen LogP contribution in [0.15, 0.2) is 42.5 Å². The number of aliphatic hydroxyl groups excluding tert-OH is 1. The van der Waals surface area contributed by atoms with Crippen LogP contribution in [0.25, 0.3) is 0 Å². The quantitative estimate of drug-likeness (QED) is 0.130. The van der Waals surface area contributed by atoms with Crippen LogP contribution < -0.4 is 11.1 Å². The van der Waals surface area contributed by atoms with E-state index in [0.717, 1.165) is 51.0 Å². The number of benzene rings is 1. The van der Waals surface area contributed by atoms with E-state index >= 15 is 0 Å².